The van der Waals surface area contributed by atoms with Gasteiger partial charge in [-0.15, -0.1) is 11.3 Å². The quantitative estimate of drug-likeness (QED) is 0.260. The minimum Gasteiger partial charge on any atom is -0.493 e. The van der Waals surface area contributed by atoms with E-state index in [0.717, 1.165) is 10.4 Å². The van der Waals surface area contributed by atoms with Gasteiger partial charge in [-0.2, -0.15) is 0 Å². The van der Waals surface area contributed by atoms with Crippen molar-refractivity contribution in [2.75, 3.05) is 45.8 Å². The van der Waals surface area contributed by atoms with Gasteiger partial charge in [-0.05, 0) is 73.2 Å². The predicted molar refractivity (Wildman–Crippen MR) is 156 cm³/mol. The number of carbonyl (C=O) groups is 3. The highest BCUT2D eigenvalue weighted by Crippen LogP contribution is 2.28. The zero-order chi connectivity index (χ0) is 28.9. The second-order valence-electron chi connectivity index (χ2n) is 8.98. The Hall–Kier alpha value is -4.05. The second kappa shape index (κ2) is 15.5. The number of rotatable bonds is 14. The van der Waals surface area contributed by atoms with Crippen LogP contribution in [0.15, 0.2) is 60.0 Å². The Kier molecular flexibility index (Phi) is 11.8. The number of amides is 3. The Morgan fingerprint density at radius 3 is 2.27 bits per heavy atom. The SMILES string of the molecule is CCCN(CC(=O)N(CCc1ccc(OC)c(OC)c1)Cc1cccs1)C(=O)Nc1ccc(C(=O)OCC)cc1. The smallest absolute Gasteiger partial charge is 0.338 e. The molecule has 0 aliphatic rings. The first-order chi connectivity index (χ1) is 19.4. The second-order valence-corrected chi connectivity index (χ2v) is 10.0. The fourth-order valence-corrected chi connectivity index (χ4v) is 4.79. The van der Waals surface area contributed by atoms with Crippen LogP contribution in [-0.2, 0) is 22.5 Å². The lowest BCUT2D eigenvalue weighted by atomic mass is 10.1. The molecular weight excluding hydrogens is 530 g/mol. The fourth-order valence-electron chi connectivity index (χ4n) is 4.07. The molecule has 0 fully saturated rings. The van der Waals surface area contributed by atoms with Crippen LogP contribution in [0.4, 0.5) is 10.5 Å². The summed E-state index contributed by atoms with van der Waals surface area (Å²) in [6, 6.07) is 15.8. The van der Waals surface area contributed by atoms with Crippen molar-refractivity contribution >= 4 is 34.9 Å². The summed E-state index contributed by atoms with van der Waals surface area (Å²) in [4.78, 5) is 43.0. The molecule has 2 aromatic carbocycles. The average molecular weight is 568 g/mol. The largest absolute Gasteiger partial charge is 0.493 e. The van der Waals surface area contributed by atoms with Crippen molar-refractivity contribution in [1.29, 1.82) is 0 Å². The standard InChI is InChI=1S/C30H37N3O6S/c1-5-16-33(30(36)31-24-12-10-23(11-13-24)29(35)39-6-2)21-28(34)32(20-25-8-7-18-40-25)17-15-22-9-14-26(37-3)27(19-22)38-4/h7-14,18-19H,5-6,15-17,20-21H2,1-4H3,(H,31,36). The van der Waals surface area contributed by atoms with E-state index in [9.17, 15) is 14.4 Å². The van der Waals surface area contributed by atoms with Gasteiger partial charge in [0, 0.05) is 23.7 Å². The van der Waals surface area contributed by atoms with Crippen LogP contribution in [0.2, 0.25) is 0 Å². The molecular formula is C30H37N3O6S. The molecule has 9 nitrogen and oxygen atoms in total. The maximum atomic E-state index is 13.6. The number of methoxy groups -OCH3 is 2. The van der Waals surface area contributed by atoms with Crippen molar-refractivity contribution in [2.24, 2.45) is 0 Å². The van der Waals surface area contributed by atoms with Gasteiger partial charge in [0.15, 0.2) is 11.5 Å². The number of anilines is 1. The number of hydrogen-bond donors (Lipinski definition) is 1. The van der Waals surface area contributed by atoms with E-state index in [1.807, 2.05) is 42.6 Å². The first kappa shape index (κ1) is 30.5. The molecule has 10 heteroatoms. The lowest BCUT2D eigenvalue weighted by Gasteiger charge is -2.27. The first-order valence-corrected chi connectivity index (χ1v) is 14.1. The summed E-state index contributed by atoms with van der Waals surface area (Å²) in [5.74, 6) is 0.722. The van der Waals surface area contributed by atoms with E-state index < -0.39 is 5.97 Å². The maximum Gasteiger partial charge on any atom is 0.338 e. The van der Waals surface area contributed by atoms with E-state index in [4.69, 9.17) is 14.2 Å². The van der Waals surface area contributed by atoms with Crippen LogP contribution in [0, 0.1) is 0 Å². The lowest BCUT2D eigenvalue weighted by Crippen LogP contribution is -2.45. The van der Waals surface area contributed by atoms with E-state index >= 15 is 0 Å². The van der Waals surface area contributed by atoms with Crippen LogP contribution in [0.1, 0.15) is 41.1 Å². The van der Waals surface area contributed by atoms with Crippen LogP contribution in [0.3, 0.4) is 0 Å². The highest BCUT2D eigenvalue weighted by atomic mass is 32.1. The molecule has 0 saturated heterocycles. The number of hydrogen-bond acceptors (Lipinski definition) is 7. The van der Waals surface area contributed by atoms with Crippen molar-refractivity contribution in [2.45, 2.75) is 33.2 Å². The normalized spacial score (nSPS) is 10.5. The number of nitrogens with zero attached hydrogens (tertiary/aromatic N) is 2. The molecule has 3 aromatic rings. The number of nitrogens with one attached hydrogen (secondary N) is 1. The molecule has 0 spiro atoms. The van der Waals surface area contributed by atoms with Gasteiger partial charge in [-0.3, -0.25) is 4.79 Å². The van der Waals surface area contributed by atoms with Crippen molar-refractivity contribution in [3.8, 4) is 11.5 Å². The summed E-state index contributed by atoms with van der Waals surface area (Å²) in [6.07, 6.45) is 1.31. The highest BCUT2D eigenvalue weighted by Gasteiger charge is 2.22. The van der Waals surface area contributed by atoms with E-state index in [1.54, 1.807) is 61.6 Å². The molecule has 1 aromatic heterocycles. The van der Waals surface area contributed by atoms with Gasteiger partial charge in [0.25, 0.3) is 0 Å². The molecule has 0 bridgehead atoms. The van der Waals surface area contributed by atoms with Crippen molar-refractivity contribution < 1.29 is 28.6 Å². The Labute approximate surface area is 239 Å². The number of urea groups is 1. The zero-order valence-electron chi connectivity index (χ0n) is 23.5. The number of thiophene rings is 1. The third kappa shape index (κ3) is 8.74. The van der Waals surface area contributed by atoms with Gasteiger partial charge in [0.1, 0.15) is 6.54 Å². The summed E-state index contributed by atoms with van der Waals surface area (Å²) in [5.41, 5.74) is 1.94. The maximum absolute atomic E-state index is 13.6. The summed E-state index contributed by atoms with van der Waals surface area (Å²) >= 11 is 1.59. The Bertz CT molecular complexity index is 1250. The molecule has 3 rings (SSSR count). The number of ether oxygens (including phenoxy) is 3. The number of carbonyl (C=O) groups excluding carboxylic acids is 3. The lowest BCUT2D eigenvalue weighted by molar-refractivity contribution is -0.132. The van der Waals surface area contributed by atoms with Gasteiger partial charge < -0.3 is 29.3 Å². The number of benzene rings is 2. The van der Waals surface area contributed by atoms with Gasteiger partial charge in [-0.25, -0.2) is 9.59 Å². The molecule has 1 N–H and O–H groups in total. The van der Waals surface area contributed by atoms with Crippen LogP contribution in [0.5, 0.6) is 11.5 Å². The Balaban J connectivity index is 1.69. The third-order valence-electron chi connectivity index (χ3n) is 6.15. The molecule has 40 heavy (non-hydrogen) atoms. The summed E-state index contributed by atoms with van der Waals surface area (Å²) < 4.78 is 15.8. The summed E-state index contributed by atoms with van der Waals surface area (Å²) in [5, 5.41) is 4.82. The van der Waals surface area contributed by atoms with Crippen LogP contribution in [0.25, 0.3) is 0 Å². The fraction of sp³-hybridized carbons (Fsp3) is 0.367. The van der Waals surface area contributed by atoms with Crippen LogP contribution < -0.4 is 14.8 Å². The van der Waals surface area contributed by atoms with Gasteiger partial charge in [0.05, 0.1) is 32.9 Å². The minimum absolute atomic E-state index is 0.0576. The van der Waals surface area contributed by atoms with E-state index in [-0.39, 0.29) is 25.1 Å². The third-order valence-corrected chi connectivity index (χ3v) is 7.01. The van der Waals surface area contributed by atoms with E-state index in [1.165, 1.54) is 4.90 Å². The van der Waals surface area contributed by atoms with Crippen LogP contribution in [-0.4, -0.2) is 68.2 Å². The van der Waals surface area contributed by atoms with Gasteiger partial charge >= 0.3 is 12.0 Å². The molecule has 214 valence electrons. The molecule has 0 aliphatic carbocycles. The Morgan fingerprint density at radius 1 is 0.900 bits per heavy atom. The average Bonchev–Trinajstić information content (AvgIpc) is 3.48. The summed E-state index contributed by atoms with van der Waals surface area (Å²) in [7, 11) is 3.19. The van der Waals surface area contributed by atoms with E-state index in [0.29, 0.717) is 55.2 Å². The minimum atomic E-state index is -0.419. The van der Waals surface area contributed by atoms with Crippen molar-refractivity contribution in [3.05, 3.63) is 76.0 Å². The van der Waals surface area contributed by atoms with Gasteiger partial charge in [-0.1, -0.05) is 19.1 Å². The van der Waals surface area contributed by atoms with Crippen LogP contribution >= 0.6 is 11.3 Å². The van der Waals surface area contributed by atoms with Gasteiger partial charge in [0.2, 0.25) is 5.91 Å². The highest BCUT2D eigenvalue weighted by molar-refractivity contribution is 7.09. The topological polar surface area (TPSA) is 97.4 Å². The first-order valence-electron chi connectivity index (χ1n) is 13.2. The molecule has 0 unspecified atom stereocenters. The number of esters is 1. The monoisotopic (exact) mass is 567 g/mol. The Morgan fingerprint density at radius 2 is 1.65 bits per heavy atom. The molecule has 0 radical (unpaired) electrons. The van der Waals surface area contributed by atoms with Crippen molar-refractivity contribution in [3.63, 3.8) is 0 Å². The molecule has 0 aliphatic heterocycles. The van der Waals surface area contributed by atoms with Crippen molar-refractivity contribution in [1.82, 2.24) is 9.80 Å². The zero-order valence-corrected chi connectivity index (χ0v) is 24.3. The predicted octanol–water partition coefficient (Wildman–Crippen LogP) is 5.46. The van der Waals surface area contributed by atoms with E-state index in [2.05, 4.69) is 5.32 Å². The molecule has 0 atom stereocenters. The summed E-state index contributed by atoms with van der Waals surface area (Å²) in [6.45, 7) is 5.28. The molecule has 1 heterocycles. The molecule has 0 saturated carbocycles. The molecule has 3 amide bonds.